The van der Waals surface area contributed by atoms with Gasteiger partial charge in [0, 0.05) is 6.42 Å². The van der Waals surface area contributed by atoms with E-state index in [-0.39, 0.29) is 0 Å². The Hall–Kier alpha value is -1.12. The summed E-state index contributed by atoms with van der Waals surface area (Å²) >= 11 is 0. The van der Waals surface area contributed by atoms with Gasteiger partial charge in [0.25, 0.3) is 0 Å². The molecule has 2 heteroatoms. The third-order valence-corrected chi connectivity index (χ3v) is 4.39. The van der Waals surface area contributed by atoms with Crippen molar-refractivity contribution < 1.29 is 9.22 Å². The van der Waals surface area contributed by atoms with Crippen LogP contribution in [-0.2, 0) is 4.74 Å². The van der Waals surface area contributed by atoms with Crippen molar-refractivity contribution in [2.75, 3.05) is 27.3 Å². The molecular formula is C15H20NO+. The molecule has 0 aliphatic carbocycles. The van der Waals surface area contributed by atoms with Gasteiger partial charge < -0.3 is 9.22 Å². The Balaban J connectivity index is 1.97. The van der Waals surface area contributed by atoms with Gasteiger partial charge in [-0.2, -0.15) is 0 Å². The molecule has 0 unspecified atom stereocenters. The summed E-state index contributed by atoms with van der Waals surface area (Å²) < 4.78 is 6.78. The first-order valence-corrected chi connectivity index (χ1v) is 6.35. The molecule has 1 fully saturated rings. The Morgan fingerprint density at radius 2 is 1.88 bits per heavy atom. The third kappa shape index (κ3) is 1.81. The molecule has 2 heterocycles. The number of hydrogen-bond acceptors (Lipinski definition) is 1. The van der Waals surface area contributed by atoms with Gasteiger partial charge in [0.05, 0.1) is 20.7 Å². The SMILES string of the molecule is C[N+]1(C)[C@H]2COC[C@@H]1C=C(c1ccccc1)C2. The van der Waals surface area contributed by atoms with Crippen LogP contribution in [0.15, 0.2) is 36.4 Å². The maximum Gasteiger partial charge on any atom is 0.132 e. The molecule has 2 aliphatic heterocycles. The molecule has 2 nitrogen and oxygen atoms in total. The van der Waals surface area contributed by atoms with Gasteiger partial charge in [0.1, 0.15) is 18.7 Å². The summed E-state index contributed by atoms with van der Waals surface area (Å²) in [6.45, 7) is 1.76. The van der Waals surface area contributed by atoms with Crippen LogP contribution in [0.4, 0.5) is 0 Å². The van der Waals surface area contributed by atoms with Crippen LogP contribution in [0.3, 0.4) is 0 Å². The molecule has 0 amide bonds. The quantitative estimate of drug-likeness (QED) is 0.673. The van der Waals surface area contributed by atoms with Gasteiger partial charge >= 0.3 is 0 Å². The number of quaternary nitrogens is 1. The third-order valence-electron chi connectivity index (χ3n) is 4.39. The highest BCUT2D eigenvalue weighted by Gasteiger charge is 2.43. The second kappa shape index (κ2) is 3.97. The molecule has 2 aliphatic rings. The summed E-state index contributed by atoms with van der Waals surface area (Å²) in [6.07, 6.45) is 3.55. The molecule has 0 N–H and O–H groups in total. The molecule has 0 spiro atoms. The summed E-state index contributed by atoms with van der Waals surface area (Å²) in [7, 11) is 4.66. The molecule has 0 saturated carbocycles. The van der Waals surface area contributed by atoms with Crippen LogP contribution in [-0.4, -0.2) is 43.9 Å². The molecule has 90 valence electrons. The lowest BCUT2D eigenvalue weighted by Crippen LogP contribution is -2.63. The number of morpholine rings is 1. The van der Waals surface area contributed by atoms with Crippen molar-refractivity contribution in [3.8, 4) is 0 Å². The largest absolute Gasteiger partial charge is 0.369 e. The molecule has 2 bridgehead atoms. The number of hydrogen-bond donors (Lipinski definition) is 0. The number of likely N-dealkylation sites (N-methyl/N-ethyl adjacent to an activating group) is 1. The van der Waals surface area contributed by atoms with Crippen LogP contribution >= 0.6 is 0 Å². The Bertz CT molecular complexity index is 435. The Kier molecular flexibility index (Phi) is 2.57. The van der Waals surface area contributed by atoms with E-state index in [9.17, 15) is 0 Å². The van der Waals surface area contributed by atoms with Crippen LogP contribution in [0.1, 0.15) is 12.0 Å². The minimum absolute atomic E-state index is 0.512. The minimum atomic E-state index is 0.512. The second-order valence-corrected chi connectivity index (χ2v) is 5.65. The average Bonchev–Trinajstić information content (AvgIpc) is 2.28. The number of benzene rings is 1. The van der Waals surface area contributed by atoms with Gasteiger partial charge in [-0.3, -0.25) is 0 Å². The highest BCUT2D eigenvalue weighted by Crippen LogP contribution is 2.35. The van der Waals surface area contributed by atoms with E-state index in [0.717, 1.165) is 24.1 Å². The van der Waals surface area contributed by atoms with Crippen molar-refractivity contribution in [3.63, 3.8) is 0 Å². The maximum absolute atomic E-state index is 5.70. The first kappa shape index (κ1) is 11.0. The Morgan fingerprint density at radius 1 is 1.12 bits per heavy atom. The van der Waals surface area contributed by atoms with Gasteiger partial charge in [-0.05, 0) is 17.2 Å². The van der Waals surface area contributed by atoms with E-state index in [1.807, 2.05) is 0 Å². The summed E-state index contributed by atoms with van der Waals surface area (Å²) in [6, 6.07) is 11.9. The predicted octanol–water partition coefficient (Wildman–Crippen LogP) is 2.32. The second-order valence-electron chi connectivity index (χ2n) is 5.65. The molecule has 2 atom stereocenters. The van der Waals surface area contributed by atoms with Gasteiger partial charge in [-0.15, -0.1) is 0 Å². The molecular weight excluding hydrogens is 210 g/mol. The van der Waals surface area contributed by atoms with Crippen molar-refractivity contribution >= 4 is 5.57 Å². The topological polar surface area (TPSA) is 9.23 Å². The molecule has 1 aromatic rings. The predicted molar refractivity (Wildman–Crippen MR) is 69.5 cm³/mol. The van der Waals surface area contributed by atoms with E-state index in [2.05, 4.69) is 50.5 Å². The minimum Gasteiger partial charge on any atom is -0.369 e. The van der Waals surface area contributed by atoms with Crippen molar-refractivity contribution in [1.29, 1.82) is 0 Å². The average molecular weight is 230 g/mol. The monoisotopic (exact) mass is 230 g/mol. The van der Waals surface area contributed by atoms with Crippen LogP contribution in [0, 0.1) is 0 Å². The van der Waals surface area contributed by atoms with E-state index < -0.39 is 0 Å². The van der Waals surface area contributed by atoms with Crippen molar-refractivity contribution in [2.24, 2.45) is 0 Å². The van der Waals surface area contributed by atoms with E-state index in [0.29, 0.717) is 12.1 Å². The molecule has 17 heavy (non-hydrogen) atoms. The summed E-state index contributed by atoms with van der Waals surface area (Å²) in [5.74, 6) is 0. The lowest BCUT2D eigenvalue weighted by atomic mass is 9.88. The van der Waals surface area contributed by atoms with Gasteiger partial charge in [0.15, 0.2) is 0 Å². The van der Waals surface area contributed by atoms with Gasteiger partial charge in [0.2, 0.25) is 0 Å². The fraction of sp³-hybridized carbons (Fsp3) is 0.467. The van der Waals surface area contributed by atoms with Gasteiger partial charge in [-0.1, -0.05) is 30.3 Å². The summed E-state index contributed by atoms with van der Waals surface area (Å²) in [5.41, 5.74) is 2.88. The molecule has 3 rings (SSSR count). The standard InChI is InChI=1S/C15H20NO/c1-16(2)14-8-13(9-15(16)11-17-10-14)12-6-4-3-5-7-12/h3-8,14-15H,9-11H2,1-2H3/q+1/t14-,15+/m0/s1. The number of fused-ring (bicyclic) bond motifs is 2. The summed E-state index contributed by atoms with van der Waals surface area (Å²) in [5, 5.41) is 0. The zero-order valence-electron chi connectivity index (χ0n) is 10.6. The number of nitrogens with zero attached hydrogens (tertiary/aromatic N) is 1. The van der Waals surface area contributed by atoms with Crippen LogP contribution in [0.5, 0.6) is 0 Å². The highest BCUT2D eigenvalue weighted by molar-refractivity contribution is 5.67. The van der Waals surface area contributed by atoms with E-state index in [1.165, 1.54) is 11.1 Å². The lowest BCUT2D eigenvalue weighted by molar-refractivity contribution is -0.941. The highest BCUT2D eigenvalue weighted by atomic mass is 16.5. The Morgan fingerprint density at radius 3 is 2.59 bits per heavy atom. The van der Waals surface area contributed by atoms with Crippen LogP contribution in [0.2, 0.25) is 0 Å². The Labute approximate surface area is 103 Å². The van der Waals surface area contributed by atoms with E-state index in [4.69, 9.17) is 4.74 Å². The fourth-order valence-corrected chi connectivity index (χ4v) is 2.93. The molecule has 0 radical (unpaired) electrons. The van der Waals surface area contributed by atoms with Crippen LogP contribution < -0.4 is 0 Å². The van der Waals surface area contributed by atoms with Crippen molar-refractivity contribution in [1.82, 2.24) is 0 Å². The first-order valence-electron chi connectivity index (χ1n) is 6.35. The molecule has 1 aromatic carbocycles. The lowest BCUT2D eigenvalue weighted by Gasteiger charge is -2.49. The first-order chi connectivity index (χ1) is 8.18. The zero-order chi connectivity index (χ0) is 11.9. The van der Waals surface area contributed by atoms with Crippen molar-refractivity contribution in [2.45, 2.75) is 18.5 Å². The normalized spacial score (nSPS) is 30.8. The number of ether oxygens (including phenoxy) is 1. The molecule has 1 saturated heterocycles. The van der Waals surface area contributed by atoms with Crippen molar-refractivity contribution in [3.05, 3.63) is 42.0 Å². The summed E-state index contributed by atoms with van der Waals surface area (Å²) in [4.78, 5) is 0. The van der Waals surface area contributed by atoms with Crippen LogP contribution in [0.25, 0.3) is 5.57 Å². The fourth-order valence-electron chi connectivity index (χ4n) is 2.93. The smallest absolute Gasteiger partial charge is 0.132 e. The van der Waals surface area contributed by atoms with E-state index >= 15 is 0 Å². The zero-order valence-corrected chi connectivity index (χ0v) is 10.6. The molecule has 0 aromatic heterocycles. The number of rotatable bonds is 1. The van der Waals surface area contributed by atoms with Gasteiger partial charge in [-0.25, -0.2) is 0 Å². The maximum atomic E-state index is 5.70. The van der Waals surface area contributed by atoms with E-state index in [1.54, 1.807) is 0 Å².